The summed E-state index contributed by atoms with van der Waals surface area (Å²) in [4.78, 5) is 24.9. The predicted molar refractivity (Wildman–Crippen MR) is 89.3 cm³/mol. The van der Waals surface area contributed by atoms with Gasteiger partial charge < -0.3 is 15.5 Å². The van der Waals surface area contributed by atoms with Gasteiger partial charge in [0.2, 0.25) is 12.3 Å². The Kier molecular flexibility index (Phi) is 8.17. The van der Waals surface area contributed by atoms with Crippen LogP contribution in [0.5, 0.6) is 0 Å². The fourth-order valence-corrected chi connectivity index (χ4v) is 2.90. The Bertz CT molecular complexity index is 380. The van der Waals surface area contributed by atoms with Crippen molar-refractivity contribution in [2.24, 2.45) is 5.41 Å². The lowest BCUT2D eigenvalue weighted by Gasteiger charge is -2.35. The maximum absolute atomic E-state index is 12.1. The first-order valence-electron chi connectivity index (χ1n) is 8.41. The molecule has 1 fully saturated rings. The molecule has 5 heteroatoms. The third kappa shape index (κ3) is 6.18. The topological polar surface area (TPSA) is 61.4 Å². The Morgan fingerprint density at radius 2 is 2.14 bits per heavy atom. The van der Waals surface area contributed by atoms with E-state index in [4.69, 9.17) is 0 Å². The van der Waals surface area contributed by atoms with Crippen molar-refractivity contribution >= 4 is 12.3 Å². The van der Waals surface area contributed by atoms with Gasteiger partial charge in [0.25, 0.3) is 0 Å². The molecule has 5 nitrogen and oxygen atoms in total. The summed E-state index contributed by atoms with van der Waals surface area (Å²) >= 11 is 0. The molecule has 22 heavy (non-hydrogen) atoms. The lowest BCUT2D eigenvalue weighted by atomic mass is 9.92. The van der Waals surface area contributed by atoms with Crippen molar-refractivity contribution < 1.29 is 9.59 Å². The minimum atomic E-state index is -0.618. The summed E-state index contributed by atoms with van der Waals surface area (Å²) in [6.45, 7) is 8.88. The van der Waals surface area contributed by atoms with Gasteiger partial charge in [0.1, 0.15) is 0 Å². The fraction of sp³-hybridized carbons (Fsp3) is 0.765. The molecule has 2 N–H and O–H groups in total. The van der Waals surface area contributed by atoms with E-state index in [1.54, 1.807) is 6.08 Å². The highest BCUT2D eigenvalue weighted by atomic mass is 16.2. The number of likely N-dealkylation sites (tertiary alicyclic amines) is 1. The number of hydrogen-bond acceptors (Lipinski definition) is 3. The molecule has 126 valence electrons. The van der Waals surface area contributed by atoms with Crippen LogP contribution in [-0.2, 0) is 9.59 Å². The van der Waals surface area contributed by atoms with E-state index in [-0.39, 0.29) is 5.91 Å². The number of nitrogens with zero attached hydrogens (tertiary/aromatic N) is 1. The van der Waals surface area contributed by atoms with E-state index in [1.807, 2.05) is 13.8 Å². The molecule has 0 bridgehead atoms. The summed E-state index contributed by atoms with van der Waals surface area (Å²) in [6.07, 6.45) is 9.95. The number of nitrogens with one attached hydrogen (secondary N) is 2. The molecule has 1 atom stereocenters. The average molecular weight is 309 g/mol. The first-order chi connectivity index (χ1) is 10.5. The highest BCUT2D eigenvalue weighted by Crippen LogP contribution is 2.19. The summed E-state index contributed by atoms with van der Waals surface area (Å²) < 4.78 is 0. The second-order valence-corrected chi connectivity index (χ2v) is 6.54. The van der Waals surface area contributed by atoms with Gasteiger partial charge in [0.15, 0.2) is 0 Å². The van der Waals surface area contributed by atoms with Gasteiger partial charge in [-0.15, -0.1) is 0 Å². The second kappa shape index (κ2) is 9.62. The molecule has 1 unspecified atom stereocenters. The minimum Gasteiger partial charge on any atom is -0.355 e. The van der Waals surface area contributed by atoms with Gasteiger partial charge in [-0.3, -0.25) is 9.59 Å². The highest BCUT2D eigenvalue weighted by Gasteiger charge is 2.24. The van der Waals surface area contributed by atoms with Gasteiger partial charge in [-0.05, 0) is 46.1 Å². The third-order valence-electron chi connectivity index (χ3n) is 4.38. The van der Waals surface area contributed by atoms with Crippen molar-refractivity contribution in [3.8, 4) is 0 Å². The van der Waals surface area contributed by atoms with Crippen LogP contribution in [0.1, 0.15) is 52.9 Å². The van der Waals surface area contributed by atoms with E-state index in [0.717, 1.165) is 19.0 Å². The molecule has 0 radical (unpaired) electrons. The summed E-state index contributed by atoms with van der Waals surface area (Å²) in [7, 11) is 0. The summed E-state index contributed by atoms with van der Waals surface area (Å²) in [5, 5.41) is 5.42. The molecule has 1 saturated heterocycles. The van der Waals surface area contributed by atoms with Crippen LogP contribution in [0.4, 0.5) is 0 Å². The van der Waals surface area contributed by atoms with Crippen molar-refractivity contribution in [3.63, 3.8) is 0 Å². The Morgan fingerprint density at radius 3 is 2.82 bits per heavy atom. The molecule has 1 aliphatic rings. The van der Waals surface area contributed by atoms with Crippen LogP contribution in [0.25, 0.3) is 0 Å². The Morgan fingerprint density at radius 1 is 1.36 bits per heavy atom. The summed E-state index contributed by atoms with van der Waals surface area (Å²) in [5.41, 5.74) is -0.618. The zero-order valence-corrected chi connectivity index (χ0v) is 14.2. The molecule has 0 spiro atoms. The number of carbonyl (C=O) groups excluding carboxylic acids is 2. The molecule has 1 aliphatic heterocycles. The fourth-order valence-electron chi connectivity index (χ4n) is 2.90. The molecule has 0 aromatic carbocycles. The minimum absolute atomic E-state index is 0.0119. The van der Waals surface area contributed by atoms with E-state index in [2.05, 4.69) is 22.5 Å². The van der Waals surface area contributed by atoms with E-state index in [1.165, 1.54) is 38.4 Å². The van der Waals surface area contributed by atoms with E-state index < -0.39 is 5.41 Å². The zero-order chi connectivity index (χ0) is 16.4. The van der Waals surface area contributed by atoms with Crippen molar-refractivity contribution in [1.82, 2.24) is 15.5 Å². The number of amides is 2. The van der Waals surface area contributed by atoms with E-state index >= 15 is 0 Å². The smallest absolute Gasteiger partial charge is 0.229 e. The SMILES string of the molecule is CCC1CCCCN1CCCNC(=O)C(C)(C)/C=C/NC=O. The number of carbonyl (C=O) groups is 2. The largest absolute Gasteiger partial charge is 0.355 e. The van der Waals surface area contributed by atoms with Gasteiger partial charge in [-0.25, -0.2) is 0 Å². The molecule has 0 saturated carbocycles. The van der Waals surface area contributed by atoms with Gasteiger partial charge >= 0.3 is 0 Å². The zero-order valence-electron chi connectivity index (χ0n) is 14.2. The van der Waals surface area contributed by atoms with Crippen LogP contribution in [-0.4, -0.2) is 42.9 Å². The highest BCUT2D eigenvalue weighted by molar-refractivity contribution is 5.83. The van der Waals surface area contributed by atoms with Crippen LogP contribution in [0.15, 0.2) is 12.3 Å². The number of piperidine rings is 1. The first kappa shape index (κ1) is 18.7. The normalized spacial score (nSPS) is 20.0. The monoisotopic (exact) mass is 309 g/mol. The summed E-state index contributed by atoms with van der Waals surface area (Å²) in [5.74, 6) is -0.0119. The molecular formula is C17H31N3O2. The predicted octanol–water partition coefficient (Wildman–Crippen LogP) is 2.04. The van der Waals surface area contributed by atoms with Crippen molar-refractivity contribution in [1.29, 1.82) is 0 Å². The lowest BCUT2D eigenvalue weighted by Crippen LogP contribution is -2.41. The van der Waals surface area contributed by atoms with Gasteiger partial charge in [0, 0.05) is 25.3 Å². The van der Waals surface area contributed by atoms with Crippen LogP contribution >= 0.6 is 0 Å². The Balaban J connectivity index is 2.28. The third-order valence-corrected chi connectivity index (χ3v) is 4.38. The van der Waals surface area contributed by atoms with Gasteiger partial charge in [0.05, 0.1) is 5.41 Å². The number of rotatable bonds is 9. The number of hydrogen-bond donors (Lipinski definition) is 2. The van der Waals surface area contributed by atoms with E-state index in [9.17, 15) is 9.59 Å². The van der Waals surface area contributed by atoms with Gasteiger partial charge in [-0.1, -0.05) is 19.4 Å². The summed E-state index contributed by atoms with van der Waals surface area (Å²) in [6, 6.07) is 0.721. The molecule has 0 aromatic heterocycles. The molecule has 0 aromatic rings. The van der Waals surface area contributed by atoms with Crippen molar-refractivity contribution in [3.05, 3.63) is 12.3 Å². The van der Waals surface area contributed by atoms with E-state index in [0.29, 0.717) is 13.0 Å². The average Bonchev–Trinajstić information content (AvgIpc) is 2.51. The molecule has 0 aliphatic carbocycles. The first-order valence-corrected chi connectivity index (χ1v) is 8.41. The van der Waals surface area contributed by atoms with Crippen LogP contribution in [0, 0.1) is 5.41 Å². The molecular weight excluding hydrogens is 278 g/mol. The van der Waals surface area contributed by atoms with Crippen LogP contribution in [0.2, 0.25) is 0 Å². The standard InChI is InChI=1S/C17H31N3O2/c1-4-15-8-5-6-12-20(15)13-7-10-19-16(22)17(2,3)9-11-18-14-21/h9,11,14-15H,4-8,10,12-13H2,1-3H3,(H,18,21)(H,19,22)/b11-9+. The quantitative estimate of drug-likeness (QED) is 0.506. The molecule has 1 heterocycles. The van der Waals surface area contributed by atoms with Crippen LogP contribution < -0.4 is 10.6 Å². The maximum Gasteiger partial charge on any atom is 0.229 e. The van der Waals surface area contributed by atoms with Crippen LogP contribution in [0.3, 0.4) is 0 Å². The second-order valence-electron chi connectivity index (χ2n) is 6.54. The lowest BCUT2D eigenvalue weighted by molar-refractivity contribution is -0.127. The Hall–Kier alpha value is -1.36. The Labute approximate surface area is 134 Å². The van der Waals surface area contributed by atoms with Crippen molar-refractivity contribution in [2.45, 2.75) is 58.9 Å². The maximum atomic E-state index is 12.1. The van der Waals surface area contributed by atoms with Crippen molar-refractivity contribution in [2.75, 3.05) is 19.6 Å². The molecule has 2 amide bonds. The van der Waals surface area contributed by atoms with Gasteiger partial charge in [-0.2, -0.15) is 0 Å². The molecule has 1 rings (SSSR count).